The maximum absolute atomic E-state index is 12.5. The highest BCUT2D eigenvalue weighted by molar-refractivity contribution is 5.94. The van der Waals surface area contributed by atoms with Crippen molar-refractivity contribution in [2.45, 2.75) is 26.8 Å². The Morgan fingerprint density at radius 3 is 2.31 bits per heavy atom. The highest BCUT2D eigenvalue weighted by Crippen LogP contribution is 2.16. The molecule has 0 spiro atoms. The molecule has 130 valence electrons. The van der Waals surface area contributed by atoms with Crippen molar-refractivity contribution in [2.75, 3.05) is 0 Å². The van der Waals surface area contributed by atoms with Gasteiger partial charge in [-0.3, -0.25) is 4.79 Å². The molecule has 0 aliphatic rings. The van der Waals surface area contributed by atoms with Gasteiger partial charge in [0.25, 0.3) is 5.91 Å². The average Bonchev–Trinajstić information content (AvgIpc) is 3.00. The third-order valence-corrected chi connectivity index (χ3v) is 4.27. The summed E-state index contributed by atoms with van der Waals surface area (Å²) in [6.45, 7) is 5.87. The van der Waals surface area contributed by atoms with Gasteiger partial charge in [0.2, 0.25) is 0 Å². The van der Waals surface area contributed by atoms with Crippen LogP contribution < -0.4 is 5.32 Å². The van der Waals surface area contributed by atoms with Gasteiger partial charge in [-0.1, -0.05) is 12.1 Å². The van der Waals surface area contributed by atoms with E-state index in [1.807, 2.05) is 55.8 Å². The van der Waals surface area contributed by atoms with Crippen LogP contribution in [0.2, 0.25) is 0 Å². The summed E-state index contributed by atoms with van der Waals surface area (Å²) in [6, 6.07) is 18.5. The molecule has 5 nitrogen and oxygen atoms in total. The number of hydrogen-bond donors (Lipinski definition) is 1. The van der Waals surface area contributed by atoms with E-state index in [1.165, 1.54) is 0 Å². The number of nitriles is 1. The van der Waals surface area contributed by atoms with Gasteiger partial charge >= 0.3 is 0 Å². The second kappa shape index (κ2) is 7.24. The molecule has 0 fully saturated rings. The molecule has 1 aromatic heterocycles. The van der Waals surface area contributed by atoms with Crippen molar-refractivity contribution in [3.63, 3.8) is 0 Å². The zero-order chi connectivity index (χ0) is 18.7. The standard InChI is InChI=1S/C21H20N4O/c1-14-12-15(2)25(24-14)20-10-8-19(9-11-20)21(26)23-16(3)18-6-4-17(13-22)5-7-18/h4-12,16H,1-3H3,(H,23,26). The predicted octanol–water partition coefficient (Wildman–Crippen LogP) is 3.85. The van der Waals surface area contributed by atoms with Crippen LogP contribution in [0.25, 0.3) is 5.69 Å². The second-order valence-electron chi connectivity index (χ2n) is 6.31. The summed E-state index contributed by atoms with van der Waals surface area (Å²) in [5.74, 6) is -0.137. The van der Waals surface area contributed by atoms with Crippen molar-refractivity contribution in [3.05, 3.63) is 82.7 Å². The van der Waals surface area contributed by atoms with Gasteiger partial charge in [0.05, 0.1) is 29.1 Å². The Morgan fingerprint density at radius 2 is 1.77 bits per heavy atom. The third-order valence-electron chi connectivity index (χ3n) is 4.27. The summed E-state index contributed by atoms with van der Waals surface area (Å²) in [5.41, 5.74) is 5.08. The molecule has 2 aromatic carbocycles. The van der Waals surface area contributed by atoms with Crippen LogP contribution in [0.5, 0.6) is 0 Å². The number of rotatable bonds is 4. The molecule has 3 rings (SSSR count). The van der Waals surface area contributed by atoms with Crippen LogP contribution in [0.4, 0.5) is 0 Å². The van der Waals surface area contributed by atoms with E-state index in [9.17, 15) is 4.79 Å². The molecular formula is C21H20N4O. The molecule has 1 atom stereocenters. The van der Waals surface area contributed by atoms with Gasteiger partial charge in [0.15, 0.2) is 0 Å². The molecule has 3 aromatic rings. The van der Waals surface area contributed by atoms with E-state index in [4.69, 9.17) is 5.26 Å². The summed E-state index contributed by atoms with van der Waals surface area (Å²) in [4.78, 5) is 12.5. The lowest BCUT2D eigenvalue weighted by molar-refractivity contribution is 0.0940. The summed E-state index contributed by atoms with van der Waals surface area (Å²) in [7, 11) is 0. The lowest BCUT2D eigenvalue weighted by Gasteiger charge is -2.15. The highest BCUT2D eigenvalue weighted by Gasteiger charge is 2.12. The number of nitrogens with one attached hydrogen (secondary N) is 1. The van der Waals surface area contributed by atoms with E-state index in [-0.39, 0.29) is 11.9 Å². The Balaban J connectivity index is 1.71. The molecule has 26 heavy (non-hydrogen) atoms. The molecule has 0 aliphatic heterocycles. The summed E-state index contributed by atoms with van der Waals surface area (Å²) in [5, 5.41) is 16.3. The molecule has 1 unspecified atom stereocenters. The van der Waals surface area contributed by atoms with Gasteiger partial charge in [-0.05, 0) is 68.8 Å². The van der Waals surface area contributed by atoms with Crippen molar-refractivity contribution in [3.8, 4) is 11.8 Å². The van der Waals surface area contributed by atoms with E-state index < -0.39 is 0 Å². The fourth-order valence-electron chi connectivity index (χ4n) is 2.85. The van der Waals surface area contributed by atoms with Crippen LogP contribution in [0, 0.1) is 25.2 Å². The van der Waals surface area contributed by atoms with Crippen molar-refractivity contribution >= 4 is 5.91 Å². The SMILES string of the molecule is Cc1cc(C)n(-c2ccc(C(=O)NC(C)c3ccc(C#N)cc3)cc2)n1. The zero-order valence-electron chi connectivity index (χ0n) is 15.0. The first kappa shape index (κ1) is 17.4. The third kappa shape index (κ3) is 3.65. The number of aromatic nitrogens is 2. The number of carbonyl (C=O) groups excluding carboxylic acids is 1. The first-order valence-electron chi connectivity index (χ1n) is 8.42. The Morgan fingerprint density at radius 1 is 1.12 bits per heavy atom. The van der Waals surface area contributed by atoms with Crippen molar-refractivity contribution in [1.82, 2.24) is 15.1 Å². The first-order valence-corrected chi connectivity index (χ1v) is 8.42. The summed E-state index contributed by atoms with van der Waals surface area (Å²) in [6.07, 6.45) is 0. The maximum atomic E-state index is 12.5. The Labute approximate surface area is 152 Å². The number of amides is 1. The predicted molar refractivity (Wildman–Crippen MR) is 100 cm³/mol. The molecule has 0 saturated heterocycles. The second-order valence-corrected chi connectivity index (χ2v) is 6.31. The van der Waals surface area contributed by atoms with Crippen LogP contribution in [0.1, 0.15) is 45.8 Å². The largest absolute Gasteiger partial charge is 0.346 e. The Kier molecular flexibility index (Phi) is 4.85. The van der Waals surface area contributed by atoms with Gasteiger partial charge in [-0.2, -0.15) is 10.4 Å². The summed E-state index contributed by atoms with van der Waals surface area (Å²) >= 11 is 0. The highest BCUT2D eigenvalue weighted by atomic mass is 16.1. The van der Waals surface area contributed by atoms with Crippen LogP contribution >= 0.6 is 0 Å². The zero-order valence-corrected chi connectivity index (χ0v) is 15.0. The monoisotopic (exact) mass is 344 g/mol. The lowest BCUT2D eigenvalue weighted by atomic mass is 10.1. The van der Waals surface area contributed by atoms with Gasteiger partial charge in [-0.25, -0.2) is 4.68 Å². The average molecular weight is 344 g/mol. The molecule has 1 heterocycles. The number of aryl methyl sites for hydroxylation is 2. The smallest absolute Gasteiger partial charge is 0.251 e. The fourth-order valence-corrected chi connectivity index (χ4v) is 2.85. The molecule has 0 radical (unpaired) electrons. The fraction of sp³-hybridized carbons (Fsp3) is 0.190. The van der Waals surface area contributed by atoms with Gasteiger partial charge < -0.3 is 5.32 Å². The van der Waals surface area contributed by atoms with E-state index >= 15 is 0 Å². The van der Waals surface area contributed by atoms with E-state index in [0.29, 0.717) is 11.1 Å². The van der Waals surface area contributed by atoms with E-state index in [1.54, 1.807) is 24.3 Å². The summed E-state index contributed by atoms with van der Waals surface area (Å²) < 4.78 is 1.86. The minimum Gasteiger partial charge on any atom is -0.346 e. The molecule has 5 heteroatoms. The van der Waals surface area contributed by atoms with Gasteiger partial charge in [0.1, 0.15) is 0 Å². The normalized spacial score (nSPS) is 11.6. The first-order chi connectivity index (χ1) is 12.5. The van der Waals surface area contributed by atoms with E-state index in [0.717, 1.165) is 22.6 Å². The number of benzene rings is 2. The maximum Gasteiger partial charge on any atom is 0.251 e. The van der Waals surface area contributed by atoms with Crippen molar-refractivity contribution in [2.24, 2.45) is 0 Å². The molecule has 0 saturated carbocycles. The Hall–Kier alpha value is -3.39. The van der Waals surface area contributed by atoms with Crippen molar-refractivity contribution < 1.29 is 4.79 Å². The van der Waals surface area contributed by atoms with E-state index in [2.05, 4.69) is 16.5 Å². The Bertz CT molecular complexity index is 963. The minimum absolute atomic E-state index is 0.137. The molecule has 0 bridgehead atoms. The van der Waals surface area contributed by atoms with Crippen LogP contribution in [-0.2, 0) is 0 Å². The molecule has 1 amide bonds. The van der Waals surface area contributed by atoms with Crippen LogP contribution in [-0.4, -0.2) is 15.7 Å². The van der Waals surface area contributed by atoms with Crippen molar-refractivity contribution in [1.29, 1.82) is 5.26 Å². The van der Waals surface area contributed by atoms with Crippen LogP contribution in [0.15, 0.2) is 54.6 Å². The van der Waals surface area contributed by atoms with Crippen LogP contribution in [0.3, 0.4) is 0 Å². The molecule has 1 N–H and O–H groups in total. The topological polar surface area (TPSA) is 70.7 Å². The number of hydrogen-bond acceptors (Lipinski definition) is 3. The minimum atomic E-state index is -0.147. The lowest BCUT2D eigenvalue weighted by Crippen LogP contribution is -2.26. The quantitative estimate of drug-likeness (QED) is 0.781. The molecule has 0 aliphatic carbocycles. The molecular weight excluding hydrogens is 324 g/mol. The number of carbonyl (C=O) groups is 1. The van der Waals surface area contributed by atoms with Gasteiger partial charge in [-0.15, -0.1) is 0 Å². The van der Waals surface area contributed by atoms with Gasteiger partial charge in [0, 0.05) is 11.3 Å². The number of nitrogens with zero attached hydrogens (tertiary/aromatic N) is 3.